The Morgan fingerprint density at radius 2 is 0.356 bits per heavy atom. The van der Waals surface area contributed by atoms with Crippen LogP contribution in [0, 0.1) is 0 Å². The van der Waals surface area contributed by atoms with Crippen LogP contribution in [0.5, 0.6) is 34.5 Å². The van der Waals surface area contributed by atoms with Crippen LogP contribution in [0.25, 0.3) is 99.1 Å². The van der Waals surface area contributed by atoms with Gasteiger partial charge in [-0.2, -0.15) is 0 Å². The van der Waals surface area contributed by atoms with Crippen LogP contribution in [-0.4, -0.2) is 63.5 Å². The summed E-state index contributed by atoms with van der Waals surface area (Å²) in [5.41, 5.74) is 16.3. The minimum Gasteiger partial charge on any atom is -0.487 e. The molecule has 0 N–H and O–H groups in total. The average molecular weight is 1160 g/mol. The molecule has 6 aromatic heterocycles. The summed E-state index contributed by atoms with van der Waals surface area (Å²) in [4.78, 5) is 30.0. The number of hydrogen-bond acceptors (Lipinski definition) is 12. The molecule has 13 rings (SSSR count). The quantitative estimate of drug-likeness (QED) is 0.108. The van der Waals surface area contributed by atoms with Gasteiger partial charge in [0.05, 0.1) is 37.2 Å². The van der Waals surface area contributed by atoms with E-state index in [2.05, 4.69) is 161 Å². The number of pyridine rings is 6. The fourth-order valence-corrected chi connectivity index (χ4v) is 13.5. The summed E-state index contributed by atoms with van der Waals surface area (Å²) < 4.78 is 40.2. The highest BCUT2D eigenvalue weighted by Gasteiger charge is 2.42. The molecule has 0 amide bonds. The lowest BCUT2D eigenvalue weighted by Crippen LogP contribution is -2.23. The van der Waals surface area contributed by atoms with Crippen LogP contribution in [0.4, 0.5) is 0 Å². The summed E-state index contributed by atoms with van der Waals surface area (Å²) in [6, 6.07) is 13.0. The zero-order chi connectivity index (χ0) is 61.7. The van der Waals surface area contributed by atoms with Gasteiger partial charge in [-0.25, -0.2) is 0 Å². The van der Waals surface area contributed by atoms with Gasteiger partial charge in [-0.3, -0.25) is 29.9 Å². The zero-order valence-corrected chi connectivity index (χ0v) is 53.6. The Morgan fingerprint density at radius 3 is 0.483 bits per heavy atom. The second kappa shape index (κ2) is 20.0. The monoisotopic (exact) mass is 1160 g/mol. The molecule has 12 heteroatoms. The fraction of sp³-hybridized carbons (Fsp3) is 0.360. The smallest absolute Gasteiger partial charge is 0.138 e. The molecule has 0 atom stereocenters. The topological polar surface area (TPSA) is 133 Å². The minimum atomic E-state index is -0.486. The van der Waals surface area contributed by atoms with Crippen LogP contribution < -0.4 is 28.4 Å². The van der Waals surface area contributed by atoms with E-state index in [4.69, 9.17) is 58.3 Å². The van der Waals surface area contributed by atoms with Crippen molar-refractivity contribution >= 4 is 32.3 Å². The van der Waals surface area contributed by atoms with Gasteiger partial charge in [0, 0.05) is 70.6 Å². The van der Waals surface area contributed by atoms with Crippen LogP contribution in [0.1, 0.15) is 158 Å². The molecule has 87 heavy (non-hydrogen) atoms. The highest BCUT2D eigenvalue weighted by molar-refractivity contribution is 6.38. The molecular formula is C75H78N6O6. The summed E-state index contributed by atoms with van der Waals surface area (Å²) in [7, 11) is 0. The van der Waals surface area contributed by atoms with Crippen LogP contribution in [0.2, 0.25) is 0 Å². The van der Waals surface area contributed by atoms with E-state index < -0.39 is 33.6 Å². The number of ether oxygens (including phenoxy) is 6. The van der Waals surface area contributed by atoms with Gasteiger partial charge in [-0.05, 0) is 279 Å². The van der Waals surface area contributed by atoms with Crippen molar-refractivity contribution < 1.29 is 28.4 Å². The Hall–Kier alpha value is -8.64. The molecule has 0 spiro atoms. The van der Waals surface area contributed by atoms with E-state index in [1.54, 1.807) is 0 Å². The predicted octanol–water partition coefficient (Wildman–Crippen LogP) is 18.3. The van der Waals surface area contributed by atoms with Crippen molar-refractivity contribution in [2.24, 2.45) is 0 Å². The van der Waals surface area contributed by atoms with E-state index in [1.807, 2.05) is 74.4 Å². The molecule has 10 aromatic rings. The molecule has 6 heterocycles. The average Bonchev–Trinajstić information content (AvgIpc) is 1.50. The van der Waals surface area contributed by atoms with Crippen molar-refractivity contribution in [1.82, 2.24) is 29.9 Å². The molecule has 0 radical (unpaired) electrons. The van der Waals surface area contributed by atoms with Crippen molar-refractivity contribution in [3.05, 3.63) is 144 Å². The van der Waals surface area contributed by atoms with Crippen LogP contribution in [0.3, 0.4) is 0 Å². The molecule has 4 aromatic carbocycles. The first kappa shape index (κ1) is 57.4. The highest BCUT2D eigenvalue weighted by atomic mass is 16.5. The molecule has 0 unspecified atom stereocenters. The van der Waals surface area contributed by atoms with E-state index in [0.717, 1.165) is 66.8 Å². The first-order valence-corrected chi connectivity index (χ1v) is 30.3. The predicted molar refractivity (Wildman–Crippen MR) is 349 cm³/mol. The van der Waals surface area contributed by atoms with E-state index in [1.165, 1.54) is 65.7 Å². The van der Waals surface area contributed by atoms with Crippen molar-refractivity contribution in [3.8, 4) is 101 Å². The Kier molecular flexibility index (Phi) is 13.2. The fourth-order valence-electron chi connectivity index (χ4n) is 13.5. The first-order chi connectivity index (χ1) is 40.8. The number of aromatic nitrogens is 6. The Bertz CT molecular complexity index is 3740. The van der Waals surface area contributed by atoms with Gasteiger partial charge in [0.1, 0.15) is 68.1 Å². The van der Waals surface area contributed by atoms with Crippen LogP contribution in [0.15, 0.2) is 111 Å². The van der Waals surface area contributed by atoms with E-state index in [-0.39, 0.29) is 0 Å². The molecular weight excluding hydrogens is 1080 g/mol. The Balaban J connectivity index is 1.25. The second-order valence-electron chi connectivity index (χ2n) is 29.6. The Morgan fingerprint density at radius 1 is 0.218 bits per heavy atom. The summed E-state index contributed by atoms with van der Waals surface area (Å²) in [5.74, 6) is 4.08. The standard InChI is InChI=1S/C75H78N6O6/c1-70(2,3)82-46-19-40(28-76-34-46)58-52-25-54-60(42-21-48(36-78-30-42)84-72(7,8)9)62(44-23-50(38-80-32-44)86-74(13,14)15)56-27-57-63(45-24-51(39-81-33-45)87-75(16,17)18)61(43-22-49(37-79-31-43)85-73(10,11)12)55-26-53(65-64(52)66(54)68(56)69(57)67(55)65)59(58)41-20-47(35-77-29-41)83-71(4,5)6/h19-24,28-39H,25-27H2,1-18H3. The van der Waals surface area contributed by atoms with E-state index in [9.17, 15) is 0 Å². The van der Waals surface area contributed by atoms with Gasteiger partial charge >= 0.3 is 0 Å². The molecule has 444 valence electrons. The number of rotatable bonds is 12. The minimum absolute atomic E-state index is 0.486. The van der Waals surface area contributed by atoms with Crippen molar-refractivity contribution in [2.45, 2.75) is 177 Å². The van der Waals surface area contributed by atoms with Crippen molar-refractivity contribution in [3.63, 3.8) is 0 Å². The zero-order valence-electron chi connectivity index (χ0n) is 53.6. The van der Waals surface area contributed by atoms with E-state index >= 15 is 0 Å². The van der Waals surface area contributed by atoms with Gasteiger partial charge in [0.15, 0.2) is 0 Å². The van der Waals surface area contributed by atoms with Gasteiger partial charge in [-0.15, -0.1) is 0 Å². The van der Waals surface area contributed by atoms with Crippen LogP contribution >= 0.6 is 0 Å². The molecule has 0 saturated carbocycles. The third-order valence-corrected chi connectivity index (χ3v) is 15.5. The molecule has 0 saturated heterocycles. The number of nitrogens with zero attached hydrogens (tertiary/aromatic N) is 6. The third kappa shape index (κ3) is 10.8. The van der Waals surface area contributed by atoms with Gasteiger partial charge in [0.25, 0.3) is 0 Å². The molecule has 0 fully saturated rings. The molecule has 3 aliphatic carbocycles. The second-order valence-corrected chi connectivity index (χ2v) is 29.6. The molecule has 12 nitrogen and oxygen atoms in total. The van der Waals surface area contributed by atoms with Gasteiger partial charge in [-0.1, -0.05) is 0 Å². The highest BCUT2D eigenvalue weighted by Crippen LogP contribution is 2.64. The summed E-state index contributed by atoms with van der Waals surface area (Å²) in [6.45, 7) is 37.3. The number of hydrogen-bond donors (Lipinski definition) is 0. The first-order valence-electron chi connectivity index (χ1n) is 30.3. The summed E-state index contributed by atoms with van der Waals surface area (Å²) in [5, 5.41) is 7.42. The molecule has 0 bridgehead atoms. The van der Waals surface area contributed by atoms with Gasteiger partial charge < -0.3 is 28.4 Å². The lowest BCUT2D eigenvalue weighted by Gasteiger charge is -2.24. The summed E-state index contributed by atoms with van der Waals surface area (Å²) in [6.07, 6.45) is 24.7. The molecule has 3 aliphatic rings. The van der Waals surface area contributed by atoms with E-state index in [0.29, 0.717) is 53.8 Å². The molecule has 0 aliphatic heterocycles. The maximum absolute atomic E-state index is 6.70. The number of benzene rings is 4. The SMILES string of the molecule is CC(C)(C)Oc1cncc(-c2c(-c3cncc(OC(C)(C)C)c3)c3c4c5c2Cc2c(-c6cncc(OC(C)(C)C)c6)c(-c6cncc(OC(C)(C)C)c6)c6c(c25)c2c(c(-c5cncc(OC(C)(C)C)c5)c(-c5cncc(OC(C)(C)C)c5)c(c42)C3)C6)c1. The third-order valence-electron chi connectivity index (χ3n) is 15.5. The van der Waals surface area contributed by atoms with Crippen molar-refractivity contribution in [1.29, 1.82) is 0 Å². The Labute approximate surface area is 511 Å². The maximum Gasteiger partial charge on any atom is 0.138 e. The van der Waals surface area contributed by atoms with Gasteiger partial charge in [0.2, 0.25) is 0 Å². The lowest BCUT2D eigenvalue weighted by molar-refractivity contribution is 0.130. The normalized spacial score (nSPS) is 13.7. The van der Waals surface area contributed by atoms with Crippen molar-refractivity contribution in [2.75, 3.05) is 0 Å². The van der Waals surface area contributed by atoms with Crippen LogP contribution in [-0.2, 0) is 19.3 Å². The lowest BCUT2D eigenvalue weighted by atomic mass is 9.83. The maximum atomic E-state index is 6.70. The largest absolute Gasteiger partial charge is 0.487 e. The summed E-state index contributed by atoms with van der Waals surface area (Å²) >= 11 is 0.